The summed E-state index contributed by atoms with van der Waals surface area (Å²) < 4.78 is 6.88. The normalized spacial score (nSPS) is 17.4. The fourth-order valence-corrected chi connectivity index (χ4v) is 3.02. The van der Waals surface area contributed by atoms with Crippen molar-refractivity contribution in [2.75, 3.05) is 46.4 Å². The molecule has 4 heteroatoms. The number of benzene rings is 1. The van der Waals surface area contributed by atoms with Gasteiger partial charge in [-0.15, -0.1) is 0 Å². The van der Waals surface area contributed by atoms with E-state index in [0.717, 1.165) is 23.2 Å². The Hall–Kier alpha value is -0.580. The maximum absolute atomic E-state index is 5.82. The van der Waals surface area contributed by atoms with Crippen molar-refractivity contribution in [2.24, 2.45) is 0 Å². The van der Waals surface area contributed by atoms with E-state index in [-0.39, 0.29) is 0 Å². The van der Waals surface area contributed by atoms with Gasteiger partial charge in [0, 0.05) is 26.2 Å². The number of ether oxygens (including phenoxy) is 1. The molecule has 0 saturated carbocycles. The first-order valence-corrected chi connectivity index (χ1v) is 8.24. The molecular weight excluding hydrogens is 316 g/mol. The first-order valence-electron chi connectivity index (χ1n) is 7.45. The second-order valence-corrected chi connectivity index (χ2v) is 6.49. The molecule has 1 aliphatic rings. The second-order valence-electron chi connectivity index (χ2n) is 5.63. The van der Waals surface area contributed by atoms with Crippen LogP contribution in [-0.2, 0) is 0 Å². The zero-order chi connectivity index (χ0) is 14.4. The summed E-state index contributed by atoms with van der Waals surface area (Å²) in [6, 6.07) is 6.23. The Labute approximate surface area is 131 Å². The molecule has 0 aliphatic carbocycles. The summed E-state index contributed by atoms with van der Waals surface area (Å²) in [4.78, 5) is 4.95. The highest BCUT2D eigenvalue weighted by Gasteiger charge is 2.12. The van der Waals surface area contributed by atoms with E-state index in [1.807, 2.05) is 6.07 Å². The van der Waals surface area contributed by atoms with Crippen LogP contribution < -0.4 is 4.74 Å². The second kappa shape index (κ2) is 8.01. The van der Waals surface area contributed by atoms with Crippen LogP contribution in [0.5, 0.6) is 5.75 Å². The van der Waals surface area contributed by atoms with Gasteiger partial charge in [-0.2, -0.15) is 0 Å². The molecule has 0 spiro atoms. The predicted octanol–water partition coefficient (Wildman–Crippen LogP) is 3.16. The van der Waals surface area contributed by atoms with Gasteiger partial charge in [0.15, 0.2) is 0 Å². The molecule has 0 radical (unpaired) electrons. The molecule has 0 aromatic heterocycles. The molecule has 0 atom stereocenters. The van der Waals surface area contributed by atoms with Gasteiger partial charge in [0.05, 0.1) is 11.1 Å². The Morgan fingerprint density at radius 3 is 2.60 bits per heavy atom. The minimum Gasteiger partial charge on any atom is -0.492 e. The SMILES string of the molecule is Cc1ccc(OCCCCN2CCN(C)CC2)c(Br)c1. The molecule has 1 aliphatic heterocycles. The smallest absolute Gasteiger partial charge is 0.133 e. The Morgan fingerprint density at radius 1 is 1.15 bits per heavy atom. The number of halogens is 1. The van der Waals surface area contributed by atoms with E-state index in [1.165, 1.54) is 44.7 Å². The number of rotatable bonds is 6. The van der Waals surface area contributed by atoms with E-state index >= 15 is 0 Å². The van der Waals surface area contributed by atoms with Gasteiger partial charge >= 0.3 is 0 Å². The average Bonchev–Trinajstić information content (AvgIpc) is 2.42. The van der Waals surface area contributed by atoms with Gasteiger partial charge in [-0.05, 0) is 67.0 Å². The first kappa shape index (κ1) is 15.8. The summed E-state index contributed by atoms with van der Waals surface area (Å²) >= 11 is 3.55. The molecule has 0 N–H and O–H groups in total. The third kappa shape index (κ3) is 5.08. The summed E-state index contributed by atoms with van der Waals surface area (Å²) in [6.45, 7) is 8.91. The molecule has 0 bridgehead atoms. The highest BCUT2D eigenvalue weighted by molar-refractivity contribution is 9.10. The van der Waals surface area contributed by atoms with Crippen molar-refractivity contribution in [1.82, 2.24) is 9.80 Å². The lowest BCUT2D eigenvalue weighted by molar-refractivity contribution is 0.150. The Morgan fingerprint density at radius 2 is 1.90 bits per heavy atom. The zero-order valence-electron chi connectivity index (χ0n) is 12.6. The molecular formula is C16H25BrN2O. The van der Waals surface area contributed by atoms with Crippen molar-refractivity contribution >= 4 is 15.9 Å². The van der Waals surface area contributed by atoms with E-state index in [2.05, 4.69) is 51.8 Å². The van der Waals surface area contributed by atoms with Crippen molar-refractivity contribution in [1.29, 1.82) is 0 Å². The molecule has 0 amide bonds. The van der Waals surface area contributed by atoms with Crippen LogP contribution in [0.4, 0.5) is 0 Å². The highest BCUT2D eigenvalue weighted by Crippen LogP contribution is 2.25. The van der Waals surface area contributed by atoms with Gasteiger partial charge in [0.2, 0.25) is 0 Å². The molecule has 1 heterocycles. The van der Waals surface area contributed by atoms with E-state index in [1.54, 1.807) is 0 Å². The standard InChI is InChI=1S/C16H25BrN2O/c1-14-5-6-16(15(17)13-14)20-12-4-3-7-19-10-8-18(2)9-11-19/h5-6,13H,3-4,7-12H2,1-2H3. The third-order valence-corrected chi connectivity index (χ3v) is 4.43. The molecule has 20 heavy (non-hydrogen) atoms. The number of unbranched alkanes of at least 4 members (excludes halogenated alkanes) is 1. The fourth-order valence-electron chi connectivity index (χ4n) is 2.41. The van der Waals surface area contributed by atoms with Gasteiger partial charge in [-0.25, -0.2) is 0 Å². The van der Waals surface area contributed by atoms with Gasteiger partial charge in [-0.1, -0.05) is 6.07 Å². The molecule has 112 valence electrons. The van der Waals surface area contributed by atoms with Gasteiger partial charge in [0.1, 0.15) is 5.75 Å². The van der Waals surface area contributed by atoms with Crippen LogP contribution in [0.25, 0.3) is 0 Å². The summed E-state index contributed by atoms with van der Waals surface area (Å²) in [5.74, 6) is 0.954. The van der Waals surface area contributed by atoms with E-state index in [9.17, 15) is 0 Å². The molecule has 2 rings (SSSR count). The molecule has 3 nitrogen and oxygen atoms in total. The van der Waals surface area contributed by atoms with Crippen molar-refractivity contribution in [3.63, 3.8) is 0 Å². The minimum absolute atomic E-state index is 0.801. The fraction of sp³-hybridized carbons (Fsp3) is 0.625. The largest absolute Gasteiger partial charge is 0.492 e. The lowest BCUT2D eigenvalue weighted by Crippen LogP contribution is -2.44. The number of aryl methyl sites for hydroxylation is 1. The number of hydrogen-bond donors (Lipinski definition) is 0. The lowest BCUT2D eigenvalue weighted by Gasteiger charge is -2.32. The van der Waals surface area contributed by atoms with Crippen LogP contribution in [0.1, 0.15) is 18.4 Å². The molecule has 1 saturated heterocycles. The highest BCUT2D eigenvalue weighted by atomic mass is 79.9. The van der Waals surface area contributed by atoms with Crippen molar-refractivity contribution in [2.45, 2.75) is 19.8 Å². The van der Waals surface area contributed by atoms with Gasteiger partial charge in [0.25, 0.3) is 0 Å². The molecule has 0 unspecified atom stereocenters. The van der Waals surface area contributed by atoms with Crippen LogP contribution in [-0.4, -0.2) is 56.2 Å². The van der Waals surface area contributed by atoms with Crippen LogP contribution >= 0.6 is 15.9 Å². The summed E-state index contributed by atoms with van der Waals surface area (Å²) in [7, 11) is 2.20. The molecule has 1 fully saturated rings. The van der Waals surface area contributed by atoms with Crippen LogP contribution in [0.3, 0.4) is 0 Å². The topological polar surface area (TPSA) is 15.7 Å². The summed E-state index contributed by atoms with van der Waals surface area (Å²) in [5.41, 5.74) is 1.25. The third-order valence-electron chi connectivity index (χ3n) is 3.81. The monoisotopic (exact) mass is 340 g/mol. The van der Waals surface area contributed by atoms with E-state index < -0.39 is 0 Å². The Kier molecular flexibility index (Phi) is 6.33. The van der Waals surface area contributed by atoms with Crippen molar-refractivity contribution in [3.05, 3.63) is 28.2 Å². The Bertz CT molecular complexity index is 417. The van der Waals surface area contributed by atoms with Gasteiger partial charge < -0.3 is 14.5 Å². The van der Waals surface area contributed by atoms with Crippen molar-refractivity contribution in [3.8, 4) is 5.75 Å². The number of hydrogen-bond acceptors (Lipinski definition) is 3. The van der Waals surface area contributed by atoms with Crippen LogP contribution in [0.15, 0.2) is 22.7 Å². The van der Waals surface area contributed by atoms with Crippen LogP contribution in [0.2, 0.25) is 0 Å². The minimum atomic E-state index is 0.801. The average molecular weight is 341 g/mol. The maximum Gasteiger partial charge on any atom is 0.133 e. The molecule has 1 aromatic carbocycles. The Balaban J connectivity index is 1.59. The van der Waals surface area contributed by atoms with E-state index in [0.29, 0.717) is 0 Å². The maximum atomic E-state index is 5.82. The lowest BCUT2D eigenvalue weighted by atomic mass is 10.2. The first-order chi connectivity index (χ1) is 9.65. The number of piperazine rings is 1. The van der Waals surface area contributed by atoms with Crippen LogP contribution in [0, 0.1) is 6.92 Å². The zero-order valence-corrected chi connectivity index (χ0v) is 14.2. The number of nitrogens with zero attached hydrogens (tertiary/aromatic N) is 2. The predicted molar refractivity (Wildman–Crippen MR) is 87.5 cm³/mol. The quantitative estimate of drug-likeness (QED) is 0.740. The van der Waals surface area contributed by atoms with Crippen molar-refractivity contribution < 1.29 is 4.74 Å². The molecule has 1 aromatic rings. The van der Waals surface area contributed by atoms with Gasteiger partial charge in [-0.3, -0.25) is 0 Å². The summed E-state index contributed by atoms with van der Waals surface area (Å²) in [5, 5.41) is 0. The van der Waals surface area contributed by atoms with E-state index in [4.69, 9.17) is 4.74 Å². The number of likely N-dealkylation sites (N-methyl/N-ethyl adjacent to an activating group) is 1. The summed E-state index contributed by atoms with van der Waals surface area (Å²) in [6.07, 6.45) is 2.33.